The third-order valence-corrected chi connectivity index (χ3v) is 6.43. The molecule has 3 aromatic carbocycles. The van der Waals surface area contributed by atoms with Crippen molar-refractivity contribution in [2.75, 3.05) is 0 Å². The molecule has 0 saturated heterocycles. The van der Waals surface area contributed by atoms with E-state index in [0.717, 1.165) is 15.8 Å². The molecular weight excluding hydrogens is 484 g/mol. The molecule has 0 spiro atoms. The Bertz CT molecular complexity index is 1500. The predicted molar refractivity (Wildman–Crippen MR) is 134 cm³/mol. The molecule has 36 heavy (non-hydrogen) atoms. The minimum Gasteiger partial charge on any atom is -0.480 e. The smallest absolute Gasteiger partial charge is 0.321 e. The maximum absolute atomic E-state index is 13.0. The van der Waals surface area contributed by atoms with Gasteiger partial charge in [0.2, 0.25) is 0 Å². The lowest BCUT2D eigenvalue weighted by molar-refractivity contribution is -0.165. The lowest BCUT2D eigenvalue weighted by atomic mass is 9.78. The second-order valence-electron chi connectivity index (χ2n) is 8.39. The fourth-order valence-electron chi connectivity index (χ4n) is 4.00. The van der Waals surface area contributed by atoms with Crippen LogP contribution < -0.4 is 5.56 Å². The van der Waals surface area contributed by atoms with Gasteiger partial charge in [-0.1, -0.05) is 66.2 Å². The van der Waals surface area contributed by atoms with Gasteiger partial charge in [0.25, 0.3) is 5.56 Å². The van der Waals surface area contributed by atoms with Crippen molar-refractivity contribution < 1.29 is 24.6 Å². The minimum absolute atomic E-state index is 0.181. The van der Waals surface area contributed by atoms with Crippen LogP contribution in [0.2, 0.25) is 5.02 Å². The van der Waals surface area contributed by atoms with Crippen molar-refractivity contribution in [2.24, 2.45) is 5.41 Å². The molecule has 1 heterocycles. The molecule has 1 aromatic heterocycles. The summed E-state index contributed by atoms with van der Waals surface area (Å²) >= 11 is 5.91. The zero-order valence-corrected chi connectivity index (χ0v) is 19.7. The van der Waals surface area contributed by atoms with Gasteiger partial charge >= 0.3 is 11.9 Å². The molecule has 4 rings (SSSR count). The number of carboxylic acids is 2. The average Bonchev–Trinajstić information content (AvgIpc) is 2.87. The van der Waals surface area contributed by atoms with Gasteiger partial charge in [0.1, 0.15) is 0 Å². The van der Waals surface area contributed by atoms with E-state index < -0.39 is 41.5 Å². The molecule has 0 bridgehead atoms. The largest absolute Gasteiger partial charge is 0.480 e. The molecule has 0 aliphatic carbocycles. The highest BCUT2D eigenvalue weighted by Gasteiger charge is 2.48. The summed E-state index contributed by atoms with van der Waals surface area (Å²) in [7, 11) is 0. The second-order valence-corrected chi connectivity index (χ2v) is 8.82. The first-order valence-corrected chi connectivity index (χ1v) is 11.4. The number of carbonyl (C=O) groups is 3. The van der Waals surface area contributed by atoms with Gasteiger partial charge < -0.3 is 10.2 Å². The molecule has 0 aliphatic rings. The Hall–Kier alpha value is -4.30. The van der Waals surface area contributed by atoms with Gasteiger partial charge in [-0.15, -0.1) is 0 Å². The summed E-state index contributed by atoms with van der Waals surface area (Å²) < 4.78 is 1.02. The van der Waals surface area contributed by atoms with Crippen LogP contribution in [0.15, 0.2) is 83.8 Å². The number of halogens is 1. The van der Waals surface area contributed by atoms with Gasteiger partial charge in [-0.25, -0.2) is 4.68 Å². The highest BCUT2D eigenvalue weighted by molar-refractivity contribution is 6.30. The van der Waals surface area contributed by atoms with Crippen molar-refractivity contribution in [3.63, 3.8) is 0 Å². The topological polar surface area (TPSA) is 127 Å². The summed E-state index contributed by atoms with van der Waals surface area (Å²) in [6.07, 6.45) is 0.172. The van der Waals surface area contributed by atoms with Crippen LogP contribution in [0.5, 0.6) is 0 Å². The van der Waals surface area contributed by atoms with Crippen LogP contribution in [0.4, 0.5) is 0 Å². The Morgan fingerprint density at radius 3 is 2.06 bits per heavy atom. The summed E-state index contributed by atoms with van der Waals surface area (Å²) in [5, 5.41) is 25.4. The first-order chi connectivity index (χ1) is 17.2. The lowest BCUT2D eigenvalue weighted by Crippen LogP contribution is -2.43. The number of ketones is 1. The monoisotopic (exact) mass is 504 g/mol. The third kappa shape index (κ3) is 4.89. The van der Waals surface area contributed by atoms with Crippen molar-refractivity contribution in [2.45, 2.75) is 19.4 Å². The van der Waals surface area contributed by atoms with E-state index in [9.17, 15) is 29.4 Å². The number of fused-ring (bicyclic) bond motifs is 1. The van der Waals surface area contributed by atoms with Gasteiger partial charge in [0, 0.05) is 28.9 Å². The first kappa shape index (κ1) is 24.8. The van der Waals surface area contributed by atoms with Gasteiger partial charge in [-0.3, -0.25) is 19.2 Å². The van der Waals surface area contributed by atoms with Crippen molar-refractivity contribution in [1.29, 1.82) is 0 Å². The van der Waals surface area contributed by atoms with E-state index in [4.69, 9.17) is 11.6 Å². The van der Waals surface area contributed by atoms with Crippen LogP contribution in [0.25, 0.3) is 21.9 Å². The zero-order valence-electron chi connectivity index (χ0n) is 18.9. The summed E-state index contributed by atoms with van der Waals surface area (Å²) in [6, 6.07) is 20.3. The Kier molecular flexibility index (Phi) is 6.98. The van der Waals surface area contributed by atoms with E-state index in [1.807, 2.05) is 12.1 Å². The number of carboxylic acid groups (broad SMARTS) is 2. The van der Waals surface area contributed by atoms with Crippen LogP contribution in [0.1, 0.15) is 23.2 Å². The lowest BCUT2D eigenvalue weighted by Gasteiger charge is -2.24. The van der Waals surface area contributed by atoms with Gasteiger partial charge in [-0.2, -0.15) is 5.10 Å². The van der Waals surface area contributed by atoms with Crippen molar-refractivity contribution >= 4 is 40.1 Å². The number of aliphatic carboxylic acids is 2. The standard InChI is InChI=1S/C27H21ClN2O6/c28-21-11-9-18(10-12-21)17-5-7-19(8-6-17)23(31)15-27(25(33)34,26(35)36)13-14-30-24(32)22-4-2-1-3-20(22)16-29-30/h1-12,16H,13-15H2,(H,33,34)(H,35,36). The molecule has 9 heteroatoms. The normalized spacial score (nSPS) is 11.4. The van der Waals surface area contributed by atoms with E-state index in [0.29, 0.717) is 15.8 Å². The number of hydrogen-bond acceptors (Lipinski definition) is 5. The summed E-state index contributed by atoms with van der Waals surface area (Å²) in [5.41, 5.74) is -1.04. The van der Waals surface area contributed by atoms with Crippen molar-refractivity contribution in [1.82, 2.24) is 9.78 Å². The van der Waals surface area contributed by atoms with Gasteiger partial charge in [0.15, 0.2) is 11.2 Å². The predicted octanol–water partition coefficient (Wildman–Crippen LogP) is 4.54. The zero-order chi connectivity index (χ0) is 25.9. The SMILES string of the molecule is O=C(CC(CCn1ncc2ccccc2c1=O)(C(=O)O)C(=O)O)c1ccc(-c2ccc(Cl)cc2)cc1. The first-order valence-electron chi connectivity index (χ1n) is 11.0. The number of aryl methyl sites for hydroxylation is 1. The number of benzene rings is 3. The summed E-state index contributed by atoms with van der Waals surface area (Å²) in [6.45, 7) is -0.287. The Labute approximate surface area is 210 Å². The average molecular weight is 505 g/mol. The van der Waals surface area contributed by atoms with E-state index in [-0.39, 0.29) is 12.1 Å². The van der Waals surface area contributed by atoms with Crippen LogP contribution in [-0.4, -0.2) is 37.7 Å². The molecule has 8 nitrogen and oxygen atoms in total. The molecule has 0 fully saturated rings. The van der Waals surface area contributed by atoms with E-state index in [2.05, 4.69) is 5.10 Å². The molecule has 0 unspecified atom stereocenters. The van der Waals surface area contributed by atoms with Crippen LogP contribution in [-0.2, 0) is 16.1 Å². The number of aromatic nitrogens is 2. The van der Waals surface area contributed by atoms with Crippen LogP contribution in [0, 0.1) is 5.41 Å². The Balaban J connectivity index is 1.57. The van der Waals surface area contributed by atoms with Crippen LogP contribution >= 0.6 is 11.6 Å². The maximum Gasteiger partial charge on any atom is 0.321 e. The van der Waals surface area contributed by atoms with Crippen molar-refractivity contribution in [3.8, 4) is 11.1 Å². The van der Waals surface area contributed by atoms with E-state index in [1.54, 1.807) is 48.5 Å². The molecule has 182 valence electrons. The fraction of sp³-hybridized carbons (Fsp3) is 0.148. The fourth-order valence-corrected chi connectivity index (χ4v) is 4.12. The quantitative estimate of drug-likeness (QED) is 0.253. The molecular formula is C27H21ClN2O6. The number of nitrogens with zero attached hydrogens (tertiary/aromatic N) is 2. The third-order valence-electron chi connectivity index (χ3n) is 6.18. The molecule has 0 aliphatic heterocycles. The van der Waals surface area contributed by atoms with E-state index >= 15 is 0 Å². The molecule has 0 saturated carbocycles. The van der Waals surface area contributed by atoms with Gasteiger partial charge in [0.05, 0.1) is 11.6 Å². The molecule has 2 N–H and O–H groups in total. The summed E-state index contributed by atoms with van der Waals surface area (Å²) in [5.74, 6) is -3.95. The molecule has 0 amide bonds. The van der Waals surface area contributed by atoms with Gasteiger partial charge in [-0.05, 0) is 35.7 Å². The Morgan fingerprint density at radius 2 is 1.44 bits per heavy atom. The van der Waals surface area contributed by atoms with E-state index in [1.165, 1.54) is 18.3 Å². The summed E-state index contributed by atoms with van der Waals surface area (Å²) in [4.78, 5) is 50.0. The van der Waals surface area contributed by atoms with Crippen molar-refractivity contribution in [3.05, 3.63) is 99.9 Å². The number of hydrogen-bond donors (Lipinski definition) is 2. The highest BCUT2D eigenvalue weighted by atomic mass is 35.5. The molecule has 4 aromatic rings. The molecule has 0 radical (unpaired) electrons. The number of carbonyl (C=O) groups excluding carboxylic acids is 1. The highest BCUT2D eigenvalue weighted by Crippen LogP contribution is 2.31. The number of rotatable bonds is 9. The van der Waals surface area contributed by atoms with Crippen LogP contribution in [0.3, 0.4) is 0 Å². The second kappa shape index (κ2) is 10.1. The minimum atomic E-state index is -2.43. The number of Topliss-reactive ketones (excluding diaryl/α,β-unsaturated/α-hetero) is 1. The Morgan fingerprint density at radius 1 is 0.861 bits per heavy atom. The molecule has 0 atom stereocenters. The maximum atomic E-state index is 13.0.